The zero-order chi connectivity index (χ0) is 8.10. The van der Waals surface area contributed by atoms with E-state index in [0.29, 0.717) is 0 Å². The van der Waals surface area contributed by atoms with Crippen molar-refractivity contribution in [1.82, 2.24) is 5.32 Å². The molecule has 1 aliphatic rings. The highest BCUT2D eigenvalue weighted by molar-refractivity contribution is 5.85. The van der Waals surface area contributed by atoms with Crippen molar-refractivity contribution in [3.8, 4) is 0 Å². The van der Waals surface area contributed by atoms with Crippen LogP contribution >= 0.6 is 12.4 Å². The van der Waals surface area contributed by atoms with Crippen molar-refractivity contribution < 1.29 is 13.5 Å². The van der Waals surface area contributed by atoms with Gasteiger partial charge >= 0.3 is 6.61 Å². The maximum atomic E-state index is 11.5. The summed E-state index contributed by atoms with van der Waals surface area (Å²) in [5, 5.41) is 3.13. The van der Waals surface area contributed by atoms with E-state index >= 15 is 0 Å². The molecule has 1 unspecified atom stereocenters. The molecule has 1 rings (SSSR count). The van der Waals surface area contributed by atoms with E-state index in [4.69, 9.17) is 0 Å². The first-order valence-electron chi connectivity index (χ1n) is 3.89. The number of rotatable bonds is 3. The first-order valence-corrected chi connectivity index (χ1v) is 3.89. The molecule has 1 aliphatic heterocycles. The lowest BCUT2D eigenvalue weighted by Crippen LogP contribution is -2.32. The van der Waals surface area contributed by atoms with E-state index in [0.717, 1.165) is 25.9 Å². The van der Waals surface area contributed by atoms with Crippen LogP contribution in [0.1, 0.15) is 12.8 Å². The zero-order valence-corrected chi connectivity index (χ0v) is 7.58. The maximum absolute atomic E-state index is 11.5. The standard InChI is InChI=1S/C7H13F2NO.ClH/c8-7(9)11-5-6-2-1-3-10-4-6;/h6-7,10H,1-5H2;1H. The molecule has 12 heavy (non-hydrogen) atoms. The Morgan fingerprint density at radius 1 is 1.50 bits per heavy atom. The highest BCUT2D eigenvalue weighted by atomic mass is 35.5. The minimum atomic E-state index is -2.61. The normalized spacial score (nSPS) is 23.8. The van der Waals surface area contributed by atoms with Crippen LogP contribution in [0.3, 0.4) is 0 Å². The van der Waals surface area contributed by atoms with Crippen LogP contribution in [0.2, 0.25) is 0 Å². The van der Waals surface area contributed by atoms with Gasteiger partial charge in [-0.3, -0.25) is 0 Å². The van der Waals surface area contributed by atoms with Crippen molar-refractivity contribution in [1.29, 1.82) is 0 Å². The number of nitrogens with one attached hydrogen (secondary N) is 1. The summed E-state index contributed by atoms with van der Waals surface area (Å²) in [6, 6.07) is 0. The van der Waals surface area contributed by atoms with Crippen LogP contribution in [-0.4, -0.2) is 26.3 Å². The lowest BCUT2D eigenvalue weighted by Gasteiger charge is -2.21. The van der Waals surface area contributed by atoms with E-state index in [2.05, 4.69) is 10.1 Å². The zero-order valence-electron chi connectivity index (χ0n) is 6.76. The van der Waals surface area contributed by atoms with E-state index in [-0.39, 0.29) is 24.9 Å². The van der Waals surface area contributed by atoms with E-state index in [1.54, 1.807) is 0 Å². The fourth-order valence-corrected chi connectivity index (χ4v) is 1.28. The molecule has 1 N–H and O–H groups in total. The Labute approximate surface area is 77.1 Å². The Bertz CT molecular complexity index is 110. The quantitative estimate of drug-likeness (QED) is 0.750. The molecule has 0 bridgehead atoms. The average Bonchev–Trinajstić information content (AvgIpc) is 2.03. The molecule has 0 amide bonds. The third-order valence-electron chi connectivity index (χ3n) is 1.86. The molecule has 1 heterocycles. The van der Waals surface area contributed by atoms with Gasteiger partial charge in [0.1, 0.15) is 0 Å². The fourth-order valence-electron chi connectivity index (χ4n) is 1.28. The van der Waals surface area contributed by atoms with Gasteiger partial charge in [0.05, 0.1) is 6.61 Å². The minimum absolute atomic E-state index is 0. The number of ether oxygens (including phenoxy) is 1. The van der Waals surface area contributed by atoms with Gasteiger partial charge in [-0.15, -0.1) is 12.4 Å². The van der Waals surface area contributed by atoms with Gasteiger partial charge in [-0.25, -0.2) is 0 Å². The number of hydrogen-bond donors (Lipinski definition) is 1. The summed E-state index contributed by atoms with van der Waals surface area (Å²) in [5.41, 5.74) is 0. The molecule has 0 aromatic heterocycles. The summed E-state index contributed by atoms with van der Waals surface area (Å²) in [6.45, 7) is -0.611. The van der Waals surface area contributed by atoms with Crippen LogP contribution in [0.15, 0.2) is 0 Å². The largest absolute Gasteiger partial charge is 0.345 e. The molecule has 1 saturated heterocycles. The van der Waals surface area contributed by atoms with Gasteiger partial charge in [-0.05, 0) is 25.3 Å². The van der Waals surface area contributed by atoms with Crippen LogP contribution in [0, 0.1) is 5.92 Å². The van der Waals surface area contributed by atoms with Crippen LogP contribution < -0.4 is 5.32 Å². The third kappa shape index (κ3) is 4.85. The number of alkyl halides is 2. The highest BCUT2D eigenvalue weighted by Crippen LogP contribution is 2.11. The van der Waals surface area contributed by atoms with Crippen molar-refractivity contribution in [3.05, 3.63) is 0 Å². The Morgan fingerprint density at radius 3 is 2.75 bits per heavy atom. The maximum Gasteiger partial charge on any atom is 0.345 e. The molecule has 0 aliphatic carbocycles. The van der Waals surface area contributed by atoms with Crippen molar-refractivity contribution in [2.75, 3.05) is 19.7 Å². The summed E-state index contributed by atoms with van der Waals surface area (Å²) in [5.74, 6) is 0.276. The lowest BCUT2D eigenvalue weighted by molar-refractivity contribution is -0.139. The van der Waals surface area contributed by atoms with E-state index in [1.807, 2.05) is 0 Å². The number of halogens is 3. The van der Waals surface area contributed by atoms with Crippen molar-refractivity contribution in [2.45, 2.75) is 19.5 Å². The van der Waals surface area contributed by atoms with Crippen molar-refractivity contribution in [2.24, 2.45) is 5.92 Å². The van der Waals surface area contributed by atoms with Crippen LogP contribution in [0.4, 0.5) is 8.78 Å². The van der Waals surface area contributed by atoms with E-state index in [9.17, 15) is 8.78 Å². The monoisotopic (exact) mass is 201 g/mol. The average molecular weight is 202 g/mol. The van der Waals surface area contributed by atoms with Crippen LogP contribution in [0.25, 0.3) is 0 Å². The highest BCUT2D eigenvalue weighted by Gasteiger charge is 2.14. The van der Waals surface area contributed by atoms with E-state index < -0.39 is 6.61 Å². The predicted molar refractivity (Wildman–Crippen MR) is 44.8 cm³/mol. The molecule has 2 nitrogen and oxygen atoms in total. The summed E-state index contributed by atoms with van der Waals surface area (Å²) in [4.78, 5) is 0. The molecule has 1 fully saturated rings. The van der Waals surface area contributed by atoms with Crippen molar-refractivity contribution >= 4 is 12.4 Å². The number of hydrogen-bond acceptors (Lipinski definition) is 2. The smallest absolute Gasteiger partial charge is 0.323 e. The minimum Gasteiger partial charge on any atom is -0.323 e. The predicted octanol–water partition coefficient (Wildman–Crippen LogP) is 1.65. The molecular weight excluding hydrogens is 188 g/mol. The van der Waals surface area contributed by atoms with Gasteiger partial charge in [-0.1, -0.05) is 0 Å². The van der Waals surface area contributed by atoms with Crippen LogP contribution in [0.5, 0.6) is 0 Å². The summed E-state index contributed by atoms with van der Waals surface area (Å²) >= 11 is 0. The molecule has 1 atom stereocenters. The Hall–Kier alpha value is 0.0700. The molecule has 74 valence electrons. The first-order chi connectivity index (χ1) is 5.29. The molecule has 0 aromatic rings. The van der Waals surface area contributed by atoms with Gasteiger partial charge in [0.25, 0.3) is 0 Å². The lowest BCUT2D eigenvalue weighted by atomic mass is 10.0. The van der Waals surface area contributed by atoms with Gasteiger partial charge < -0.3 is 10.1 Å². The van der Waals surface area contributed by atoms with Gasteiger partial charge in [0, 0.05) is 6.54 Å². The summed E-state index contributed by atoms with van der Waals surface area (Å²) < 4.78 is 27.3. The molecule has 0 spiro atoms. The molecule has 5 heteroatoms. The Morgan fingerprint density at radius 2 is 2.25 bits per heavy atom. The molecule has 0 aromatic carbocycles. The SMILES string of the molecule is Cl.FC(F)OCC1CCCNC1. The summed E-state index contributed by atoms with van der Waals surface area (Å²) in [7, 11) is 0. The molecule has 0 radical (unpaired) electrons. The second-order valence-corrected chi connectivity index (χ2v) is 2.81. The topological polar surface area (TPSA) is 21.3 Å². The van der Waals surface area contributed by atoms with Gasteiger partial charge in [0.2, 0.25) is 0 Å². The van der Waals surface area contributed by atoms with Crippen molar-refractivity contribution in [3.63, 3.8) is 0 Å². The first kappa shape index (κ1) is 12.1. The Balaban J connectivity index is 0.00000121. The van der Waals surface area contributed by atoms with E-state index in [1.165, 1.54) is 0 Å². The van der Waals surface area contributed by atoms with Gasteiger partial charge in [-0.2, -0.15) is 8.78 Å². The summed E-state index contributed by atoms with van der Waals surface area (Å²) in [6.07, 6.45) is 2.07. The fraction of sp³-hybridized carbons (Fsp3) is 1.00. The number of piperidine rings is 1. The third-order valence-corrected chi connectivity index (χ3v) is 1.86. The molecule has 0 saturated carbocycles. The Kier molecular flexibility index (Phi) is 6.61. The van der Waals surface area contributed by atoms with Crippen LogP contribution in [-0.2, 0) is 4.74 Å². The second-order valence-electron chi connectivity index (χ2n) is 2.81. The second kappa shape index (κ2) is 6.57. The van der Waals surface area contributed by atoms with Gasteiger partial charge in [0.15, 0.2) is 0 Å². The molecular formula is C7H14ClF2NO.